The number of hydrogen-bond acceptors (Lipinski definition) is 10. The van der Waals surface area contributed by atoms with Gasteiger partial charge in [0.15, 0.2) is 6.29 Å². The number of unbranched alkanes of at least 4 members (excludes halogenated alkanes) is 49. The van der Waals surface area contributed by atoms with Gasteiger partial charge in [-0.05, 0) is 77.0 Å². The van der Waals surface area contributed by atoms with Gasteiger partial charge in [0.25, 0.3) is 0 Å². The minimum absolute atomic E-state index is 0.0170. The SMILES string of the molecule is CCCCC/C=C/CC/C=C/C(O)C(COC1OC(CO)C(O)C(O)C1O)NC(=O)CCCCCCCCCCCCCCCCCCC/C=C\C/C=C\CCCCCCCCCCCCCCCCCOC(=O)CCCCCCCCCCCCCCCC. The number of carbonyl (C=O) groups excluding carboxylic acids is 2. The molecule has 11 nitrogen and oxygen atoms in total. The second-order valence-electron chi connectivity index (χ2n) is 27.1. The fraction of sp³-hybridized carbons (Fsp3) is 0.873. The summed E-state index contributed by atoms with van der Waals surface area (Å²) in [5.74, 6) is -0.173. The molecule has 1 amide bonds. The Labute approximate surface area is 555 Å². The third kappa shape index (κ3) is 56.0. The normalized spacial score (nSPS) is 17.9. The first-order chi connectivity index (χ1) is 44.2. The molecule has 1 aliphatic rings. The van der Waals surface area contributed by atoms with Gasteiger partial charge in [-0.3, -0.25) is 9.59 Å². The molecule has 0 aliphatic carbocycles. The molecule has 7 unspecified atom stereocenters. The van der Waals surface area contributed by atoms with Gasteiger partial charge in [0.05, 0.1) is 32.0 Å². The highest BCUT2D eigenvalue weighted by Gasteiger charge is 2.44. The molecule has 6 N–H and O–H groups in total. The Kier molecular flexibility index (Phi) is 64.7. The smallest absolute Gasteiger partial charge is 0.305 e. The zero-order chi connectivity index (χ0) is 65.1. The maximum absolute atomic E-state index is 13.0. The molecule has 0 aromatic heterocycles. The van der Waals surface area contributed by atoms with E-state index in [9.17, 15) is 35.1 Å². The van der Waals surface area contributed by atoms with Crippen LogP contribution in [-0.4, -0.2) is 100 Å². The second kappa shape index (κ2) is 68.0. The van der Waals surface area contributed by atoms with Crippen molar-refractivity contribution in [1.82, 2.24) is 5.32 Å². The van der Waals surface area contributed by atoms with Crippen LogP contribution in [0.3, 0.4) is 0 Å². The Morgan fingerprint density at radius 2 is 0.756 bits per heavy atom. The third-order valence-corrected chi connectivity index (χ3v) is 18.4. The third-order valence-electron chi connectivity index (χ3n) is 18.4. The molecule has 0 spiro atoms. The molecule has 1 rings (SSSR count). The molecule has 528 valence electrons. The predicted molar refractivity (Wildman–Crippen MR) is 380 cm³/mol. The lowest BCUT2D eigenvalue weighted by Crippen LogP contribution is -2.60. The highest BCUT2D eigenvalue weighted by atomic mass is 16.7. The van der Waals surface area contributed by atoms with E-state index in [0.29, 0.717) is 19.4 Å². The molecule has 0 bridgehead atoms. The van der Waals surface area contributed by atoms with Crippen LogP contribution in [0.1, 0.15) is 380 Å². The van der Waals surface area contributed by atoms with Crippen molar-refractivity contribution in [3.05, 3.63) is 48.6 Å². The lowest BCUT2D eigenvalue weighted by molar-refractivity contribution is -0.302. The van der Waals surface area contributed by atoms with Crippen LogP contribution in [0, 0.1) is 0 Å². The van der Waals surface area contributed by atoms with Gasteiger partial charge in [0.2, 0.25) is 5.91 Å². The first kappa shape index (κ1) is 85.6. The van der Waals surface area contributed by atoms with Crippen LogP contribution in [0.4, 0.5) is 0 Å². The minimum Gasteiger partial charge on any atom is -0.466 e. The van der Waals surface area contributed by atoms with Crippen molar-refractivity contribution in [2.24, 2.45) is 0 Å². The van der Waals surface area contributed by atoms with Crippen LogP contribution in [0.25, 0.3) is 0 Å². The number of rotatable bonds is 69. The van der Waals surface area contributed by atoms with E-state index in [4.69, 9.17) is 14.2 Å². The highest BCUT2D eigenvalue weighted by Crippen LogP contribution is 2.24. The Morgan fingerprint density at radius 3 is 1.19 bits per heavy atom. The van der Waals surface area contributed by atoms with Crippen LogP contribution in [0.2, 0.25) is 0 Å². The van der Waals surface area contributed by atoms with E-state index in [-0.39, 0.29) is 18.5 Å². The number of nitrogens with one attached hydrogen (secondary N) is 1. The molecular formula is C79H147NO10. The summed E-state index contributed by atoms with van der Waals surface area (Å²) in [6.45, 7) is 4.32. The van der Waals surface area contributed by atoms with Gasteiger partial charge >= 0.3 is 5.97 Å². The Morgan fingerprint density at radius 1 is 0.411 bits per heavy atom. The lowest BCUT2D eigenvalue weighted by atomic mass is 9.99. The highest BCUT2D eigenvalue weighted by molar-refractivity contribution is 5.76. The van der Waals surface area contributed by atoms with Gasteiger partial charge < -0.3 is 45.1 Å². The van der Waals surface area contributed by atoms with Gasteiger partial charge in [0, 0.05) is 12.8 Å². The molecule has 0 aromatic rings. The van der Waals surface area contributed by atoms with E-state index < -0.39 is 49.5 Å². The molecule has 90 heavy (non-hydrogen) atoms. The molecule has 1 saturated heterocycles. The summed E-state index contributed by atoms with van der Waals surface area (Å²) in [6, 6.07) is -0.824. The molecule has 0 saturated carbocycles. The summed E-state index contributed by atoms with van der Waals surface area (Å²) < 4.78 is 16.7. The fourth-order valence-corrected chi connectivity index (χ4v) is 12.3. The summed E-state index contributed by atoms with van der Waals surface area (Å²) in [4.78, 5) is 25.1. The van der Waals surface area contributed by atoms with E-state index in [0.717, 1.165) is 57.8 Å². The average Bonchev–Trinajstić information content (AvgIpc) is 0.983. The van der Waals surface area contributed by atoms with Crippen molar-refractivity contribution in [3.8, 4) is 0 Å². The summed E-state index contributed by atoms with van der Waals surface area (Å²) in [7, 11) is 0. The van der Waals surface area contributed by atoms with Crippen molar-refractivity contribution < 1.29 is 49.3 Å². The monoisotopic (exact) mass is 1270 g/mol. The summed E-state index contributed by atoms with van der Waals surface area (Å²) in [6.07, 6.45) is 80.3. The molecule has 7 atom stereocenters. The maximum atomic E-state index is 13.0. The Bertz CT molecular complexity index is 1630. The van der Waals surface area contributed by atoms with Gasteiger partial charge in [-0.15, -0.1) is 0 Å². The summed E-state index contributed by atoms with van der Waals surface area (Å²) in [5, 5.41) is 54.3. The molecule has 1 aliphatic heterocycles. The maximum Gasteiger partial charge on any atom is 0.305 e. The van der Waals surface area contributed by atoms with E-state index in [2.05, 4.69) is 55.6 Å². The Balaban J connectivity index is 1.87. The van der Waals surface area contributed by atoms with Gasteiger partial charge in [-0.25, -0.2) is 0 Å². The van der Waals surface area contributed by atoms with Crippen molar-refractivity contribution >= 4 is 11.9 Å². The van der Waals surface area contributed by atoms with Crippen LogP contribution in [0.5, 0.6) is 0 Å². The van der Waals surface area contributed by atoms with Gasteiger partial charge in [-0.2, -0.15) is 0 Å². The molecule has 0 radical (unpaired) electrons. The number of ether oxygens (including phenoxy) is 3. The zero-order valence-corrected chi connectivity index (χ0v) is 58.9. The minimum atomic E-state index is -1.57. The number of allylic oxidation sites excluding steroid dienone is 7. The Hall–Kier alpha value is -2.38. The predicted octanol–water partition coefficient (Wildman–Crippen LogP) is 20.7. The van der Waals surface area contributed by atoms with Gasteiger partial charge in [-0.1, -0.05) is 339 Å². The quantitative estimate of drug-likeness (QED) is 0.0195. The standard InChI is InChI=1S/C79H147NO10/c1-3-5-7-9-11-13-14-15-44-47-51-55-59-63-67-75(84)88-68-64-60-56-52-48-45-42-40-38-36-34-32-30-28-26-24-22-20-18-16-17-19-21-23-25-27-29-31-33-35-37-39-41-43-46-50-54-58-62-66-74(83)80-71(72(82)65-61-57-53-49-12-10-8-6-4-2)70-89-79-78(87)77(86)76(85)73(69-81)90-79/h12,16-17,20,22,49,61,65,71-73,76-79,81-82,85-87H,3-11,13-15,18-19,21,23-48,50-60,62-64,66-70H2,1-2H3,(H,80,83)/b17-16-,22-20-,49-12+,65-61+. The number of aliphatic hydroxyl groups is 5. The van der Waals surface area contributed by atoms with E-state index in [1.807, 2.05) is 6.08 Å². The zero-order valence-electron chi connectivity index (χ0n) is 58.9. The topological polar surface area (TPSA) is 175 Å². The first-order valence-electron chi connectivity index (χ1n) is 38.9. The number of amides is 1. The van der Waals surface area contributed by atoms with Crippen LogP contribution < -0.4 is 5.32 Å². The van der Waals surface area contributed by atoms with Crippen LogP contribution in [-0.2, 0) is 23.8 Å². The second-order valence-corrected chi connectivity index (χ2v) is 27.1. The van der Waals surface area contributed by atoms with E-state index in [1.54, 1.807) is 6.08 Å². The summed E-state index contributed by atoms with van der Waals surface area (Å²) in [5.41, 5.74) is 0. The number of aliphatic hydroxyl groups excluding tert-OH is 5. The van der Waals surface area contributed by atoms with Crippen molar-refractivity contribution in [2.45, 2.75) is 423 Å². The van der Waals surface area contributed by atoms with Crippen molar-refractivity contribution in [2.75, 3.05) is 19.8 Å². The molecule has 0 aromatic carbocycles. The number of hydrogen-bond donors (Lipinski definition) is 6. The van der Waals surface area contributed by atoms with Crippen molar-refractivity contribution in [1.29, 1.82) is 0 Å². The lowest BCUT2D eigenvalue weighted by Gasteiger charge is -2.40. The fourth-order valence-electron chi connectivity index (χ4n) is 12.3. The molecule has 11 heteroatoms. The summed E-state index contributed by atoms with van der Waals surface area (Å²) >= 11 is 0. The van der Waals surface area contributed by atoms with E-state index in [1.165, 1.54) is 295 Å². The van der Waals surface area contributed by atoms with Crippen LogP contribution in [0.15, 0.2) is 48.6 Å². The molecule has 1 fully saturated rings. The van der Waals surface area contributed by atoms with Gasteiger partial charge in [0.1, 0.15) is 24.4 Å². The van der Waals surface area contributed by atoms with Crippen LogP contribution >= 0.6 is 0 Å². The number of esters is 1. The van der Waals surface area contributed by atoms with Crippen molar-refractivity contribution in [3.63, 3.8) is 0 Å². The average molecular weight is 1270 g/mol. The first-order valence-corrected chi connectivity index (χ1v) is 38.9. The largest absolute Gasteiger partial charge is 0.466 e. The van der Waals surface area contributed by atoms with E-state index >= 15 is 0 Å². The number of carbonyl (C=O) groups is 2. The molecular weight excluding hydrogens is 1120 g/mol. The molecule has 1 heterocycles.